The Morgan fingerprint density at radius 3 is 2.22 bits per heavy atom. The third-order valence-electron chi connectivity index (χ3n) is 8.17. The zero-order valence-corrected chi connectivity index (χ0v) is 30.7. The summed E-state index contributed by atoms with van der Waals surface area (Å²) in [6, 6.07) is -0.426. The van der Waals surface area contributed by atoms with Gasteiger partial charge >= 0.3 is 7.75 Å². The molecule has 1 saturated carbocycles. The summed E-state index contributed by atoms with van der Waals surface area (Å²) >= 11 is 0. The van der Waals surface area contributed by atoms with Gasteiger partial charge in [0.25, 0.3) is 5.56 Å². The first kappa shape index (κ1) is 41.3. The Balaban J connectivity index is 1.26. The van der Waals surface area contributed by atoms with E-state index in [-0.39, 0.29) is 49.1 Å². The monoisotopic (exact) mass is 723 g/mol. The first-order valence-electron chi connectivity index (χ1n) is 17.5. The number of aromatic nitrogens is 4. The average Bonchev–Trinajstić information content (AvgIpc) is 3.65. The van der Waals surface area contributed by atoms with Gasteiger partial charge in [-0.1, -0.05) is 86.4 Å². The molecule has 278 valence electrons. The van der Waals surface area contributed by atoms with Crippen molar-refractivity contribution in [1.82, 2.24) is 29.9 Å². The molecule has 0 radical (unpaired) electrons. The topological polar surface area (TPSA) is 186 Å². The second-order valence-corrected chi connectivity index (χ2v) is 13.9. The van der Waals surface area contributed by atoms with Crippen LogP contribution in [0.4, 0.5) is 5.95 Å². The molecule has 1 unspecified atom stereocenters. The van der Waals surface area contributed by atoms with E-state index in [1.165, 1.54) is 13.4 Å². The Labute approximate surface area is 300 Å². The van der Waals surface area contributed by atoms with Crippen molar-refractivity contribution in [3.05, 3.63) is 102 Å². The highest BCUT2D eigenvalue weighted by Crippen LogP contribution is 2.46. The van der Waals surface area contributed by atoms with Gasteiger partial charge in [-0.05, 0) is 56.9 Å². The Kier molecular flexibility index (Phi) is 18.3. The van der Waals surface area contributed by atoms with Crippen LogP contribution in [0, 0.1) is 5.92 Å². The van der Waals surface area contributed by atoms with Crippen molar-refractivity contribution in [2.45, 2.75) is 76.9 Å². The van der Waals surface area contributed by atoms with Gasteiger partial charge in [0.1, 0.15) is 0 Å². The Bertz CT molecular complexity index is 1690. The molecule has 1 aliphatic rings. The quantitative estimate of drug-likeness (QED) is 0.0507. The van der Waals surface area contributed by atoms with Crippen LogP contribution in [0.3, 0.4) is 0 Å². The molecule has 0 spiro atoms. The lowest BCUT2D eigenvalue weighted by Crippen LogP contribution is -2.31. The molecule has 51 heavy (non-hydrogen) atoms. The Morgan fingerprint density at radius 1 is 1.04 bits per heavy atom. The minimum Gasteiger partial charge on any atom is -0.392 e. The van der Waals surface area contributed by atoms with E-state index in [9.17, 15) is 19.3 Å². The number of rotatable bonds is 23. The number of H-pyrrole nitrogens is 1. The highest BCUT2D eigenvalue weighted by atomic mass is 31.2. The van der Waals surface area contributed by atoms with Gasteiger partial charge in [0.15, 0.2) is 11.2 Å². The van der Waals surface area contributed by atoms with E-state index in [0.29, 0.717) is 18.4 Å². The number of anilines is 1. The number of amides is 1. The zero-order valence-electron chi connectivity index (χ0n) is 29.8. The predicted molar refractivity (Wildman–Crippen MR) is 204 cm³/mol. The van der Waals surface area contributed by atoms with Crippen molar-refractivity contribution in [3.63, 3.8) is 0 Å². The van der Waals surface area contributed by atoms with E-state index >= 15 is 0 Å². The number of carbonyl (C=O) groups excluding carboxylic acids is 1. The first-order chi connectivity index (χ1) is 24.7. The van der Waals surface area contributed by atoms with Crippen LogP contribution in [0.2, 0.25) is 0 Å². The van der Waals surface area contributed by atoms with Crippen LogP contribution in [0.5, 0.6) is 0 Å². The van der Waals surface area contributed by atoms with Gasteiger partial charge in [0, 0.05) is 32.5 Å². The molecule has 0 bridgehead atoms. The molecule has 0 saturated heterocycles. The lowest BCUT2D eigenvalue weighted by molar-refractivity contribution is -0.120. The fourth-order valence-electron chi connectivity index (χ4n) is 5.40. The summed E-state index contributed by atoms with van der Waals surface area (Å²) in [5, 5.41) is 16.3. The van der Waals surface area contributed by atoms with Gasteiger partial charge in [-0.2, -0.15) is 4.98 Å². The Morgan fingerprint density at radius 2 is 1.63 bits per heavy atom. The van der Waals surface area contributed by atoms with Gasteiger partial charge in [0.05, 0.1) is 25.1 Å². The second kappa shape index (κ2) is 22.6. The van der Waals surface area contributed by atoms with Crippen LogP contribution in [0.1, 0.15) is 70.8 Å². The van der Waals surface area contributed by atoms with Gasteiger partial charge in [-0.15, -0.1) is 0 Å². The van der Waals surface area contributed by atoms with Crippen molar-refractivity contribution in [2.24, 2.45) is 5.92 Å². The number of nitrogens with one attached hydrogen (secondary N) is 3. The Hall–Kier alpha value is -4.13. The molecule has 1 aliphatic carbocycles. The number of imidazole rings is 1. The molecule has 13 nitrogen and oxygen atoms in total. The largest absolute Gasteiger partial charge is 0.405 e. The van der Waals surface area contributed by atoms with Gasteiger partial charge < -0.3 is 25.2 Å². The molecule has 2 heterocycles. The second-order valence-electron chi connectivity index (χ2n) is 12.0. The van der Waals surface area contributed by atoms with Crippen LogP contribution in [0.25, 0.3) is 11.2 Å². The van der Waals surface area contributed by atoms with Gasteiger partial charge in [-0.25, -0.2) is 14.6 Å². The molecule has 3 rings (SSSR count). The standard InChI is InChI=1S/C37H54N7O6P/c1-4-5-6-7-8-9-10-11-12-13-14-15-16-17-18-19-20-21-22-23-33(46)39-24-25-41-51(48,49-3)50-27-30-29(2)31(26-32(30)45)44-28-40-34-35(44)42-37(38)43-36(34)47/h5-6,8-9,11-12,14-15,17-18,20-21,28,30-32,45H,2,4,7,10,13,16,19,22-27H2,1,3H3,(H,39,46)(H,41,48)(H3,38,42,43,47)/b6-5-,9-8-,12-11-,15-14-,18-17-,21-20-/t30-,31-,32-,51?/m0/s1. The molecule has 0 aliphatic heterocycles. The molecule has 6 N–H and O–H groups in total. The summed E-state index contributed by atoms with van der Waals surface area (Å²) in [6.07, 6.45) is 33.2. The van der Waals surface area contributed by atoms with E-state index in [0.717, 1.165) is 38.5 Å². The number of nitrogens with zero attached hydrogens (tertiary/aromatic N) is 3. The molecule has 14 heteroatoms. The van der Waals surface area contributed by atoms with Crippen LogP contribution in [-0.2, 0) is 18.4 Å². The first-order valence-corrected chi connectivity index (χ1v) is 19.0. The molecular formula is C37H54N7O6P. The highest BCUT2D eigenvalue weighted by Gasteiger charge is 2.40. The number of hydrogen-bond acceptors (Lipinski definition) is 9. The highest BCUT2D eigenvalue weighted by molar-refractivity contribution is 7.51. The van der Waals surface area contributed by atoms with E-state index in [1.807, 2.05) is 12.2 Å². The van der Waals surface area contributed by atoms with Crippen LogP contribution in [-0.4, -0.2) is 63.4 Å². The third kappa shape index (κ3) is 14.2. The third-order valence-corrected chi connectivity index (χ3v) is 9.75. The summed E-state index contributed by atoms with van der Waals surface area (Å²) in [6.45, 7) is 6.51. The van der Waals surface area contributed by atoms with Gasteiger partial charge in [-0.3, -0.25) is 19.1 Å². The molecule has 4 atom stereocenters. The lowest BCUT2D eigenvalue weighted by atomic mass is 10.0. The summed E-state index contributed by atoms with van der Waals surface area (Å²) in [5.74, 6) is -0.733. The maximum Gasteiger partial charge on any atom is 0.405 e. The normalized spacial score (nSPS) is 19.7. The van der Waals surface area contributed by atoms with E-state index in [2.05, 4.69) is 99.6 Å². The lowest BCUT2D eigenvalue weighted by Gasteiger charge is -2.22. The number of aliphatic hydroxyl groups is 1. The summed E-state index contributed by atoms with van der Waals surface area (Å²) in [5.41, 5.74) is 6.25. The van der Waals surface area contributed by atoms with Crippen molar-refractivity contribution in [1.29, 1.82) is 0 Å². The number of carbonyl (C=O) groups is 1. The number of aromatic amines is 1. The number of hydrogen-bond donors (Lipinski definition) is 5. The molecule has 2 aromatic rings. The maximum absolute atomic E-state index is 13.1. The average molecular weight is 724 g/mol. The van der Waals surface area contributed by atoms with Crippen LogP contribution in [0.15, 0.2) is 96.2 Å². The fourth-order valence-corrected chi connectivity index (χ4v) is 6.47. The molecule has 1 fully saturated rings. The molecule has 1 amide bonds. The predicted octanol–water partition coefficient (Wildman–Crippen LogP) is 6.13. The minimum absolute atomic E-state index is 0.0496. The number of nitrogen functional groups attached to an aromatic ring is 1. The number of allylic oxidation sites excluding steroid dienone is 12. The van der Waals surface area contributed by atoms with Crippen molar-refractivity contribution < 1.29 is 23.5 Å². The van der Waals surface area contributed by atoms with E-state index in [1.54, 1.807) is 4.57 Å². The van der Waals surface area contributed by atoms with Crippen LogP contribution < -0.4 is 21.7 Å². The molecule has 0 aromatic carbocycles. The minimum atomic E-state index is -3.73. The molecular weight excluding hydrogens is 669 g/mol. The molecule has 2 aromatic heterocycles. The van der Waals surface area contributed by atoms with Gasteiger partial charge in [0.2, 0.25) is 11.9 Å². The summed E-state index contributed by atoms with van der Waals surface area (Å²) < 4.78 is 25.5. The SMILES string of the molecule is C=C1[C@H](COP(=O)(NCCNC(=O)CC/C=C\C/C=C\C/C=C\C/C=C\C/C=C\C/C=C\CC)OC)[C@@H](O)C[C@@H]1n1cnc2c(=O)[nH]c(N)nc21. The van der Waals surface area contributed by atoms with Crippen molar-refractivity contribution >= 4 is 30.8 Å². The fraction of sp³-hybridized carbons (Fsp3) is 0.459. The number of fused-ring (bicyclic) bond motifs is 1. The number of aliphatic hydroxyl groups excluding tert-OH is 1. The van der Waals surface area contributed by atoms with Crippen LogP contribution >= 0.6 is 7.75 Å². The summed E-state index contributed by atoms with van der Waals surface area (Å²) in [4.78, 5) is 35.1. The van der Waals surface area contributed by atoms with Crippen molar-refractivity contribution in [3.8, 4) is 0 Å². The van der Waals surface area contributed by atoms with Crippen molar-refractivity contribution in [2.75, 3.05) is 32.5 Å². The zero-order chi connectivity index (χ0) is 36.9. The van der Waals surface area contributed by atoms with E-state index in [4.69, 9.17) is 14.8 Å². The number of nitrogens with two attached hydrogens (primary N) is 1. The maximum atomic E-state index is 13.1. The summed E-state index contributed by atoms with van der Waals surface area (Å²) in [7, 11) is -2.47. The smallest absolute Gasteiger partial charge is 0.392 e. The van der Waals surface area contributed by atoms with E-state index < -0.39 is 31.4 Å².